The number of benzene rings is 2. The Morgan fingerprint density at radius 3 is 2.83 bits per heavy atom. The highest BCUT2D eigenvalue weighted by Gasteiger charge is 2.11. The van der Waals surface area contributed by atoms with E-state index in [1.54, 1.807) is 0 Å². The Morgan fingerprint density at radius 2 is 2.00 bits per heavy atom. The van der Waals surface area contributed by atoms with Gasteiger partial charge in [0.15, 0.2) is 5.01 Å². The summed E-state index contributed by atoms with van der Waals surface area (Å²) in [6, 6.07) is 15.2. The number of nitrogens with one attached hydrogen (secondary N) is 2. The van der Waals surface area contributed by atoms with Crippen molar-refractivity contribution in [3.8, 4) is 22.3 Å². The zero-order valence-corrected chi connectivity index (χ0v) is 16.3. The van der Waals surface area contributed by atoms with Crippen LogP contribution in [0.2, 0.25) is 0 Å². The van der Waals surface area contributed by atoms with E-state index in [0.717, 1.165) is 21.7 Å². The number of fused-ring (bicyclic) bond motifs is 1. The Hall–Kier alpha value is -3.08. The fourth-order valence-electron chi connectivity index (χ4n) is 2.62. The van der Waals surface area contributed by atoms with E-state index < -0.39 is 6.10 Å². The molecule has 0 saturated carbocycles. The van der Waals surface area contributed by atoms with Crippen LogP contribution in [0, 0.1) is 0 Å². The summed E-state index contributed by atoms with van der Waals surface area (Å²) in [5.41, 5.74) is 0.863. The van der Waals surface area contributed by atoms with Crippen molar-refractivity contribution < 1.29 is 14.6 Å². The van der Waals surface area contributed by atoms with Crippen LogP contribution in [0.4, 0.5) is 0 Å². The molecule has 9 nitrogen and oxygen atoms in total. The summed E-state index contributed by atoms with van der Waals surface area (Å²) >= 11 is 1.48. The molecule has 0 unspecified atom stereocenters. The molecule has 0 amide bonds. The fourth-order valence-corrected chi connectivity index (χ4v) is 3.54. The van der Waals surface area contributed by atoms with Gasteiger partial charge in [0.1, 0.15) is 30.8 Å². The van der Waals surface area contributed by atoms with Crippen molar-refractivity contribution in [2.24, 2.45) is 0 Å². The van der Waals surface area contributed by atoms with Crippen molar-refractivity contribution in [1.82, 2.24) is 30.9 Å². The summed E-state index contributed by atoms with van der Waals surface area (Å²) in [5, 5.41) is 27.7. The van der Waals surface area contributed by atoms with Crippen LogP contribution in [0.15, 0.2) is 48.5 Å². The number of aromatic amines is 1. The van der Waals surface area contributed by atoms with Gasteiger partial charge >= 0.3 is 0 Å². The average Bonchev–Trinajstić information content (AvgIpc) is 3.42. The number of nitrogens with zero attached hydrogens (tertiary/aromatic N) is 4. The van der Waals surface area contributed by atoms with E-state index in [9.17, 15) is 5.11 Å². The second-order valence-corrected chi connectivity index (χ2v) is 7.25. The first-order chi connectivity index (χ1) is 14.3. The normalized spacial score (nSPS) is 12.2. The lowest BCUT2D eigenvalue weighted by Gasteiger charge is -2.13. The van der Waals surface area contributed by atoms with Crippen molar-refractivity contribution in [1.29, 1.82) is 0 Å². The van der Waals surface area contributed by atoms with Gasteiger partial charge in [-0.15, -0.1) is 21.5 Å². The van der Waals surface area contributed by atoms with Gasteiger partial charge in [0, 0.05) is 13.1 Å². The number of H-pyrrole nitrogens is 1. The number of hydrogen-bond donors (Lipinski definition) is 3. The molecule has 2 aromatic heterocycles. The van der Waals surface area contributed by atoms with Gasteiger partial charge in [0.2, 0.25) is 5.82 Å². The highest BCUT2D eigenvalue weighted by molar-refractivity contribution is 7.21. The Labute approximate surface area is 170 Å². The van der Waals surface area contributed by atoms with Crippen molar-refractivity contribution in [2.75, 3.05) is 26.3 Å². The second-order valence-electron chi connectivity index (χ2n) is 6.21. The van der Waals surface area contributed by atoms with Crippen LogP contribution in [0.3, 0.4) is 0 Å². The maximum Gasteiger partial charge on any atom is 0.233 e. The molecule has 0 aliphatic carbocycles. The third-order valence-corrected chi connectivity index (χ3v) is 5.02. The van der Waals surface area contributed by atoms with E-state index >= 15 is 0 Å². The van der Waals surface area contributed by atoms with Crippen molar-refractivity contribution in [2.45, 2.75) is 6.10 Å². The smallest absolute Gasteiger partial charge is 0.233 e. The molecule has 1 atom stereocenters. The maximum atomic E-state index is 9.98. The molecule has 10 heteroatoms. The number of ether oxygens (including phenoxy) is 2. The van der Waals surface area contributed by atoms with E-state index in [-0.39, 0.29) is 6.61 Å². The average molecular weight is 412 g/mol. The summed E-state index contributed by atoms with van der Waals surface area (Å²) in [5.74, 6) is 1.99. The molecule has 0 saturated heterocycles. The van der Waals surface area contributed by atoms with Gasteiger partial charge < -0.3 is 19.9 Å². The summed E-state index contributed by atoms with van der Waals surface area (Å²) in [6.45, 7) is 1.76. The van der Waals surface area contributed by atoms with E-state index in [4.69, 9.17) is 9.47 Å². The number of aliphatic hydroxyl groups excluding tert-OH is 1. The molecule has 2 aromatic carbocycles. The molecule has 0 spiro atoms. The van der Waals surface area contributed by atoms with Crippen LogP contribution < -0.4 is 14.8 Å². The van der Waals surface area contributed by atoms with Crippen LogP contribution in [0.5, 0.6) is 11.5 Å². The molecule has 4 aromatic rings. The van der Waals surface area contributed by atoms with E-state index in [2.05, 4.69) is 30.9 Å². The molecule has 0 aliphatic heterocycles. The molecular formula is C19H20N6O3S. The zero-order valence-electron chi connectivity index (χ0n) is 15.5. The lowest BCUT2D eigenvalue weighted by atomic mass is 10.3. The summed E-state index contributed by atoms with van der Waals surface area (Å²) < 4.78 is 12.3. The summed E-state index contributed by atoms with van der Waals surface area (Å²) in [6.07, 6.45) is -0.590. The van der Waals surface area contributed by atoms with Crippen LogP contribution in [0.25, 0.3) is 21.0 Å². The van der Waals surface area contributed by atoms with Gasteiger partial charge in [-0.05, 0) is 35.5 Å². The first-order valence-corrected chi connectivity index (χ1v) is 9.93. The Kier molecular flexibility index (Phi) is 6.25. The monoisotopic (exact) mass is 412 g/mol. The number of hydrogen-bond acceptors (Lipinski definition) is 9. The first kappa shape index (κ1) is 19.2. The number of para-hydroxylation sites is 1. The van der Waals surface area contributed by atoms with Gasteiger partial charge in [-0.3, -0.25) is 0 Å². The van der Waals surface area contributed by atoms with Gasteiger partial charge in [0.05, 0.1) is 10.2 Å². The van der Waals surface area contributed by atoms with Crippen LogP contribution in [0.1, 0.15) is 0 Å². The maximum absolute atomic E-state index is 9.98. The van der Waals surface area contributed by atoms with Gasteiger partial charge in [0.25, 0.3) is 0 Å². The van der Waals surface area contributed by atoms with E-state index in [0.29, 0.717) is 30.5 Å². The number of rotatable bonds is 10. The Morgan fingerprint density at radius 1 is 1.10 bits per heavy atom. The van der Waals surface area contributed by atoms with Crippen molar-refractivity contribution in [3.63, 3.8) is 0 Å². The van der Waals surface area contributed by atoms with Gasteiger partial charge in [-0.1, -0.05) is 18.2 Å². The van der Waals surface area contributed by atoms with Crippen LogP contribution in [-0.4, -0.2) is 63.1 Å². The third kappa shape index (κ3) is 5.25. The quantitative estimate of drug-likeness (QED) is 0.338. The second kappa shape index (κ2) is 9.41. The summed E-state index contributed by atoms with van der Waals surface area (Å²) in [7, 11) is 0. The Balaban J connectivity index is 1.19. The van der Waals surface area contributed by atoms with E-state index in [1.807, 2.05) is 48.5 Å². The Bertz CT molecular complexity index is 1030. The molecule has 3 N–H and O–H groups in total. The van der Waals surface area contributed by atoms with Gasteiger partial charge in [-0.25, -0.2) is 4.98 Å². The molecule has 4 rings (SSSR count). The van der Waals surface area contributed by atoms with Crippen LogP contribution >= 0.6 is 11.3 Å². The molecular weight excluding hydrogens is 392 g/mol. The molecule has 2 heterocycles. The molecule has 0 fully saturated rings. The predicted molar refractivity (Wildman–Crippen MR) is 109 cm³/mol. The first-order valence-electron chi connectivity index (χ1n) is 9.12. The highest BCUT2D eigenvalue weighted by Crippen LogP contribution is 2.30. The minimum atomic E-state index is -0.590. The number of thiazole rings is 1. The lowest BCUT2D eigenvalue weighted by Crippen LogP contribution is -2.33. The summed E-state index contributed by atoms with van der Waals surface area (Å²) in [4.78, 5) is 4.49. The number of aromatic nitrogens is 5. The van der Waals surface area contributed by atoms with E-state index in [1.165, 1.54) is 11.3 Å². The van der Waals surface area contributed by atoms with Crippen molar-refractivity contribution in [3.05, 3.63) is 48.5 Å². The topological polar surface area (TPSA) is 118 Å². The lowest BCUT2D eigenvalue weighted by molar-refractivity contribution is 0.105. The molecule has 0 bridgehead atoms. The zero-order chi connectivity index (χ0) is 19.9. The molecule has 150 valence electrons. The fraction of sp³-hybridized carbons (Fsp3) is 0.263. The van der Waals surface area contributed by atoms with Gasteiger partial charge in [-0.2, -0.15) is 5.21 Å². The SMILES string of the molecule is O[C@@H](CNCCOc1ccc2nc(-c3nn[nH]n3)sc2c1)COc1ccccc1. The number of tetrazole rings is 1. The molecule has 0 aliphatic rings. The minimum absolute atomic E-state index is 0.239. The highest BCUT2D eigenvalue weighted by atomic mass is 32.1. The molecule has 0 radical (unpaired) electrons. The largest absolute Gasteiger partial charge is 0.492 e. The third-order valence-electron chi connectivity index (χ3n) is 4.01. The number of aliphatic hydroxyl groups is 1. The molecule has 29 heavy (non-hydrogen) atoms. The van der Waals surface area contributed by atoms with Crippen LogP contribution in [-0.2, 0) is 0 Å². The van der Waals surface area contributed by atoms with Crippen molar-refractivity contribution >= 4 is 21.6 Å². The minimum Gasteiger partial charge on any atom is -0.492 e. The predicted octanol–water partition coefficient (Wildman–Crippen LogP) is 1.88. The standard InChI is InChI=1S/C19H20N6O3S/c26-13(12-28-14-4-2-1-3-5-14)11-20-8-9-27-15-6-7-16-17(10-15)29-19(21-16)18-22-24-25-23-18/h1-7,10,13,20,26H,8-9,11-12H2,(H,22,23,24,25)/t13-/m0/s1.